The molecule has 1 unspecified atom stereocenters. The summed E-state index contributed by atoms with van der Waals surface area (Å²) in [7, 11) is 0. The summed E-state index contributed by atoms with van der Waals surface area (Å²) in [6, 6.07) is 0. The lowest BCUT2D eigenvalue weighted by Crippen LogP contribution is -2.31. The second-order valence-corrected chi connectivity index (χ2v) is 7.89. The Kier molecular flexibility index (Phi) is 13.6. The van der Waals surface area contributed by atoms with E-state index in [9.17, 15) is 4.79 Å². The van der Waals surface area contributed by atoms with Gasteiger partial charge in [0.15, 0.2) is 0 Å². The fourth-order valence-corrected chi connectivity index (χ4v) is 3.17. The van der Waals surface area contributed by atoms with E-state index in [0.29, 0.717) is 12.3 Å². The molecule has 0 aliphatic heterocycles. The maximum absolute atomic E-state index is 12.1. The van der Waals surface area contributed by atoms with Gasteiger partial charge in [0.1, 0.15) is 11.7 Å². The second-order valence-electron chi connectivity index (χ2n) is 7.89. The maximum atomic E-state index is 12.1. The van der Waals surface area contributed by atoms with Crippen molar-refractivity contribution < 1.29 is 14.3 Å². The predicted octanol–water partition coefficient (Wildman–Crippen LogP) is 7.44. The Hall–Kier alpha value is -0.990. The molecule has 0 aromatic carbocycles. The molecular weight excluding hydrogens is 312 g/mol. The van der Waals surface area contributed by atoms with Crippen molar-refractivity contribution in [3.05, 3.63) is 12.7 Å². The molecule has 3 nitrogen and oxygen atoms in total. The normalized spacial score (nSPS) is 12.9. The third kappa shape index (κ3) is 12.9. The van der Waals surface area contributed by atoms with E-state index < -0.39 is 11.8 Å². The zero-order chi connectivity index (χ0) is 19.1. The molecule has 0 fully saturated rings. The van der Waals surface area contributed by atoms with Gasteiger partial charge in [-0.05, 0) is 39.5 Å². The Morgan fingerprint density at radius 3 is 1.96 bits per heavy atom. The SMILES string of the molecule is C=CCC(C)(C)OC(=O)OC(C)C(CCCCCC)CCCCCC. The molecule has 0 bridgehead atoms. The summed E-state index contributed by atoms with van der Waals surface area (Å²) in [6.45, 7) is 14.0. The molecule has 0 aliphatic carbocycles. The van der Waals surface area contributed by atoms with Gasteiger partial charge in [-0.2, -0.15) is 0 Å². The van der Waals surface area contributed by atoms with Crippen molar-refractivity contribution in [1.82, 2.24) is 0 Å². The lowest BCUT2D eigenvalue weighted by Gasteiger charge is -2.27. The summed E-state index contributed by atoms with van der Waals surface area (Å²) in [6.07, 6.45) is 14.1. The van der Waals surface area contributed by atoms with Gasteiger partial charge < -0.3 is 9.47 Å². The maximum Gasteiger partial charge on any atom is 0.509 e. The molecule has 0 aliphatic rings. The minimum atomic E-state index is -0.559. The number of carbonyl (C=O) groups excluding carboxylic acids is 1. The van der Waals surface area contributed by atoms with Gasteiger partial charge in [0.05, 0.1) is 0 Å². The van der Waals surface area contributed by atoms with Crippen molar-refractivity contribution in [3.63, 3.8) is 0 Å². The summed E-state index contributed by atoms with van der Waals surface area (Å²) in [4.78, 5) is 12.1. The van der Waals surface area contributed by atoms with Gasteiger partial charge >= 0.3 is 6.16 Å². The smallest absolute Gasteiger partial charge is 0.431 e. The molecule has 1 atom stereocenters. The average Bonchev–Trinajstić information content (AvgIpc) is 2.52. The standard InChI is InChI=1S/C22H42O3/c1-7-10-12-14-16-20(17-15-13-11-8-2)19(4)24-21(23)25-22(5,6)18-9-3/h9,19-20H,3,7-8,10-18H2,1-2,4-6H3. The summed E-state index contributed by atoms with van der Waals surface area (Å²) in [5.41, 5.74) is -0.559. The van der Waals surface area contributed by atoms with Crippen LogP contribution in [0.3, 0.4) is 0 Å². The van der Waals surface area contributed by atoms with Gasteiger partial charge in [0.2, 0.25) is 0 Å². The Balaban J connectivity index is 4.47. The zero-order valence-corrected chi connectivity index (χ0v) is 17.4. The minimum Gasteiger partial charge on any atom is -0.431 e. The van der Waals surface area contributed by atoms with Gasteiger partial charge in [-0.3, -0.25) is 0 Å². The second kappa shape index (κ2) is 14.2. The van der Waals surface area contributed by atoms with Gasteiger partial charge in [0, 0.05) is 6.42 Å². The Labute approximate surface area is 156 Å². The van der Waals surface area contributed by atoms with Crippen LogP contribution in [0.1, 0.15) is 105 Å². The van der Waals surface area contributed by atoms with Crippen LogP contribution < -0.4 is 0 Å². The Morgan fingerprint density at radius 2 is 1.52 bits per heavy atom. The highest BCUT2D eigenvalue weighted by Crippen LogP contribution is 2.25. The molecule has 0 saturated heterocycles. The van der Waals surface area contributed by atoms with Gasteiger partial charge in [-0.15, -0.1) is 6.58 Å². The van der Waals surface area contributed by atoms with Crippen LogP contribution in [0.4, 0.5) is 4.79 Å². The summed E-state index contributed by atoms with van der Waals surface area (Å²) in [5, 5.41) is 0. The third-order valence-corrected chi connectivity index (χ3v) is 4.80. The van der Waals surface area contributed by atoms with Crippen molar-refractivity contribution in [3.8, 4) is 0 Å². The number of rotatable bonds is 15. The number of hydrogen-bond acceptors (Lipinski definition) is 3. The van der Waals surface area contributed by atoms with Crippen LogP contribution in [-0.4, -0.2) is 17.9 Å². The average molecular weight is 355 g/mol. The fraction of sp³-hybridized carbons (Fsp3) is 0.864. The van der Waals surface area contributed by atoms with Crippen molar-refractivity contribution in [2.24, 2.45) is 5.92 Å². The van der Waals surface area contributed by atoms with Crippen LogP contribution >= 0.6 is 0 Å². The van der Waals surface area contributed by atoms with E-state index in [1.54, 1.807) is 6.08 Å². The minimum absolute atomic E-state index is 0.0877. The van der Waals surface area contributed by atoms with E-state index in [4.69, 9.17) is 9.47 Å². The highest BCUT2D eigenvalue weighted by molar-refractivity contribution is 5.60. The van der Waals surface area contributed by atoms with Crippen LogP contribution in [0.25, 0.3) is 0 Å². The van der Waals surface area contributed by atoms with Gasteiger partial charge in [-0.25, -0.2) is 4.79 Å². The first-order chi connectivity index (χ1) is 11.9. The quantitative estimate of drug-likeness (QED) is 0.174. The molecule has 0 rings (SSSR count). The van der Waals surface area contributed by atoms with Crippen LogP contribution in [0, 0.1) is 5.92 Å². The van der Waals surface area contributed by atoms with Crippen molar-refractivity contribution >= 4 is 6.16 Å². The van der Waals surface area contributed by atoms with E-state index in [0.717, 1.165) is 12.8 Å². The lowest BCUT2D eigenvalue weighted by atomic mass is 9.90. The topological polar surface area (TPSA) is 35.5 Å². The lowest BCUT2D eigenvalue weighted by molar-refractivity contribution is -0.0424. The Bertz CT molecular complexity index is 337. The van der Waals surface area contributed by atoms with Crippen molar-refractivity contribution in [1.29, 1.82) is 0 Å². The summed E-state index contributed by atoms with van der Waals surface area (Å²) in [5.74, 6) is 0.434. The highest BCUT2D eigenvalue weighted by Gasteiger charge is 2.26. The predicted molar refractivity (Wildman–Crippen MR) is 107 cm³/mol. The largest absolute Gasteiger partial charge is 0.509 e. The van der Waals surface area contributed by atoms with Crippen LogP contribution in [0.5, 0.6) is 0 Å². The van der Waals surface area contributed by atoms with Crippen molar-refractivity contribution in [2.45, 2.75) is 117 Å². The van der Waals surface area contributed by atoms with E-state index in [2.05, 4.69) is 20.4 Å². The molecule has 0 heterocycles. The van der Waals surface area contributed by atoms with Crippen LogP contribution in [0.2, 0.25) is 0 Å². The molecule has 0 amide bonds. The number of unbranched alkanes of at least 4 members (excludes halogenated alkanes) is 6. The molecule has 0 spiro atoms. The molecule has 148 valence electrons. The zero-order valence-electron chi connectivity index (χ0n) is 17.4. The number of hydrogen-bond donors (Lipinski definition) is 0. The Morgan fingerprint density at radius 1 is 1.00 bits per heavy atom. The molecule has 0 aromatic heterocycles. The summed E-state index contributed by atoms with van der Waals surface area (Å²) >= 11 is 0. The van der Waals surface area contributed by atoms with E-state index in [1.807, 2.05) is 20.8 Å². The third-order valence-electron chi connectivity index (χ3n) is 4.80. The van der Waals surface area contributed by atoms with Gasteiger partial charge in [0.25, 0.3) is 0 Å². The molecule has 3 heteroatoms. The van der Waals surface area contributed by atoms with Crippen LogP contribution in [0.15, 0.2) is 12.7 Å². The van der Waals surface area contributed by atoms with E-state index in [1.165, 1.54) is 51.4 Å². The number of carbonyl (C=O) groups is 1. The molecule has 0 saturated carbocycles. The van der Waals surface area contributed by atoms with E-state index >= 15 is 0 Å². The molecule has 25 heavy (non-hydrogen) atoms. The first-order valence-electron chi connectivity index (χ1n) is 10.4. The van der Waals surface area contributed by atoms with Crippen molar-refractivity contribution in [2.75, 3.05) is 0 Å². The fourth-order valence-electron chi connectivity index (χ4n) is 3.17. The first-order valence-corrected chi connectivity index (χ1v) is 10.4. The molecule has 0 N–H and O–H groups in total. The van der Waals surface area contributed by atoms with Crippen LogP contribution in [-0.2, 0) is 9.47 Å². The molecular formula is C22H42O3. The highest BCUT2D eigenvalue weighted by atomic mass is 16.7. The van der Waals surface area contributed by atoms with E-state index in [-0.39, 0.29) is 6.10 Å². The first kappa shape index (κ1) is 24.0. The molecule has 0 radical (unpaired) electrons. The summed E-state index contributed by atoms with van der Waals surface area (Å²) < 4.78 is 11.1. The molecule has 0 aromatic rings. The number of ether oxygens (including phenoxy) is 2. The monoisotopic (exact) mass is 354 g/mol. The van der Waals surface area contributed by atoms with Gasteiger partial charge in [-0.1, -0.05) is 71.3 Å².